The van der Waals surface area contributed by atoms with Gasteiger partial charge in [-0.3, -0.25) is 13.8 Å². The quantitative estimate of drug-likeness (QED) is 0.316. The number of fused-ring (bicyclic) bond motifs is 1. The fourth-order valence-corrected chi connectivity index (χ4v) is 6.37. The van der Waals surface area contributed by atoms with Crippen molar-refractivity contribution in [2.24, 2.45) is 0 Å². The van der Waals surface area contributed by atoms with Crippen LogP contribution in [0.4, 0.5) is 14.6 Å². The molecule has 1 aliphatic carbocycles. The van der Waals surface area contributed by atoms with Crippen molar-refractivity contribution in [3.8, 4) is 0 Å². The SMILES string of the molecule is Cc1ccc(S(=O)(=O)OC2CC(NC(=O)c3cnn4cc(F)c(N5CCC[C@@H]5c5cc(F)c[nH]c5=O)nc34)C2)cc1. The number of aromatic amines is 1. The zero-order chi connectivity index (χ0) is 28.9. The molecule has 2 N–H and O–H groups in total. The highest BCUT2D eigenvalue weighted by atomic mass is 32.2. The maximum Gasteiger partial charge on any atom is 0.297 e. The van der Waals surface area contributed by atoms with Crippen LogP contribution in [0.25, 0.3) is 5.65 Å². The summed E-state index contributed by atoms with van der Waals surface area (Å²) in [5.41, 5.74) is 0.827. The molecule has 1 saturated carbocycles. The van der Waals surface area contributed by atoms with Gasteiger partial charge in [-0.15, -0.1) is 0 Å². The summed E-state index contributed by atoms with van der Waals surface area (Å²) in [7, 11) is -3.93. The van der Waals surface area contributed by atoms with Gasteiger partial charge in [0.05, 0.1) is 29.4 Å². The number of H-pyrrole nitrogens is 1. The lowest BCUT2D eigenvalue weighted by atomic mass is 9.89. The number of rotatable bonds is 7. The molecule has 6 rings (SSSR count). The minimum absolute atomic E-state index is 0.0679. The molecule has 0 unspecified atom stereocenters. The van der Waals surface area contributed by atoms with E-state index in [1.807, 2.05) is 6.92 Å². The van der Waals surface area contributed by atoms with Gasteiger partial charge in [0.15, 0.2) is 17.3 Å². The van der Waals surface area contributed by atoms with E-state index in [4.69, 9.17) is 4.18 Å². The highest BCUT2D eigenvalue weighted by molar-refractivity contribution is 7.86. The minimum Gasteiger partial charge on any atom is -0.349 e. The molecule has 0 spiro atoms. The van der Waals surface area contributed by atoms with Crippen LogP contribution in [0.15, 0.2) is 58.6 Å². The molecular formula is C27H26F2N6O5S. The Bertz CT molecular complexity index is 1800. The molecule has 14 heteroatoms. The van der Waals surface area contributed by atoms with Gasteiger partial charge in [-0.05, 0) is 50.8 Å². The summed E-state index contributed by atoms with van der Waals surface area (Å²) in [4.78, 5) is 33.9. The van der Waals surface area contributed by atoms with Crippen LogP contribution in [0.2, 0.25) is 0 Å². The number of carbonyl (C=O) groups is 1. The molecule has 1 amide bonds. The molecule has 3 aromatic heterocycles. The van der Waals surface area contributed by atoms with Gasteiger partial charge in [0, 0.05) is 24.3 Å². The Morgan fingerprint density at radius 3 is 2.71 bits per heavy atom. The summed E-state index contributed by atoms with van der Waals surface area (Å²) in [5, 5.41) is 6.88. The van der Waals surface area contributed by atoms with E-state index in [1.165, 1.54) is 18.3 Å². The molecule has 2 fully saturated rings. The predicted molar refractivity (Wildman–Crippen MR) is 143 cm³/mol. The minimum atomic E-state index is -3.93. The van der Waals surface area contributed by atoms with Crippen molar-refractivity contribution in [3.63, 3.8) is 0 Å². The number of nitrogens with one attached hydrogen (secondary N) is 2. The first-order chi connectivity index (χ1) is 19.6. The topological polar surface area (TPSA) is 139 Å². The number of hydrogen-bond acceptors (Lipinski definition) is 8. The molecule has 214 valence electrons. The van der Waals surface area contributed by atoms with Crippen molar-refractivity contribution in [3.05, 3.63) is 87.6 Å². The van der Waals surface area contributed by atoms with Crippen molar-refractivity contribution in [1.82, 2.24) is 24.9 Å². The third-order valence-electron chi connectivity index (χ3n) is 7.46. The number of aromatic nitrogens is 4. The van der Waals surface area contributed by atoms with Gasteiger partial charge in [-0.25, -0.2) is 18.3 Å². The number of nitrogens with zero attached hydrogens (tertiary/aromatic N) is 4. The average Bonchev–Trinajstić information content (AvgIpc) is 3.55. The summed E-state index contributed by atoms with van der Waals surface area (Å²) in [6.45, 7) is 2.23. The van der Waals surface area contributed by atoms with Gasteiger partial charge < -0.3 is 15.2 Å². The van der Waals surface area contributed by atoms with Gasteiger partial charge in [-0.2, -0.15) is 13.5 Å². The van der Waals surface area contributed by atoms with Gasteiger partial charge in [0.25, 0.3) is 21.6 Å². The Morgan fingerprint density at radius 2 is 1.95 bits per heavy atom. The molecule has 4 aromatic rings. The summed E-state index contributed by atoms with van der Waals surface area (Å²) in [5.74, 6) is -1.89. The van der Waals surface area contributed by atoms with Crippen molar-refractivity contribution in [2.75, 3.05) is 11.4 Å². The van der Waals surface area contributed by atoms with Crippen LogP contribution < -0.4 is 15.8 Å². The molecule has 0 radical (unpaired) electrons. The van der Waals surface area contributed by atoms with E-state index in [1.54, 1.807) is 17.0 Å². The first-order valence-electron chi connectivity index (χ1n) is 13.1. The maximum atomic E-state index is 15.2. The molecule has 41 heavy (non-hydrogen) atoms. The van der Waals surface area contributed by atoms with Crippen LogP contribution in [-0.4, -0.2) is 52.6 Å². The van der Waals surface area contributed by atoms with Crippen LogP contribution in [-0.2, 0) is 14.3 Å². The predicted octanol–water partition coefficient (Wildman–Crippen LogP) is 3.01. The van der Waals surface area contributed by atoms with Crippen molar-refractivity contribution >= 4 is 27.5 Å². The zero-order valence-corrected chi connectivity index (χ0v) is 22.7. The molecule has 1 aliphatic heterocycles. The van der Waals surface area contributed by atoms with E-state index in [0.29, 0.717) is 32.2 Å². The molecule has 1 atom stereocenters. The van der Waals surface area contributed by atoms with Crippen LogP contribution >= 0.6 is 0 Å². The Hall–Kier alpha value is -4.17. The normalized spacial score (nSPS) is 20.8. The van der Waals surface area contributed by atoms with Crippen LogP contribution in [0.3, 0.4) is 0 Å². The molecule has 1 saturated heterocycles. The molecular weight excluding hydrogens is 558 g/mol. The molecule has 1 aromatic carbocycles. The zero-order valence-electron chi connectivity index (χ0n) is 21.9. The maximum absolute atomic E-state index is 15.2. The van der Waals surface area contributed by atoms with Crippen LogP contribution in [0.5, 0.6) is 0 Å². The smallest absolute Gasteiger partial charge is 0.297 e. The monoisotopic (exact) mass is 584 g/mol. The highest BCUT2D eigenvalue weighted by Gasteiger charge is 2.36. The van der Waals surface area contributed by atoms with Crippen molar-refractivity contribution in [1.29, 1.82) is 0 Å². The number of pyridine rings is 1. The summed E-state index contributed by atoms with van der Waals surface area (Å²) in [6, 6.07) is 6.55. The second kappa shape index (κ2) is 10.3. The fourth-order valence-electron chi connectivity index (χ4n) is 5.27. The first kappa shape index (κ1) is 27.0. The standard InChI is InChI=1S/C27H26F2N6O5S/c1-15-4-6-19(7-5-15)41(38,39)40-18-10-17(11-18)32-27(37)21-13-31-35-14-22(29)25(33-24(21)35)34-8-2-3-23(34)20-9-16(28)12-30-26(20)36/h4-7,9,12-14,17-18,23H,2-3,8,10-11H2,1H3,(H,30,36)(H,32,37)/t17?,18?,23-/m1/s1. The largest absolute Gasteiger partial charge is 0.349 e. The van der Waals surface area contributed by atoms with Crippen LogP contribution in [0.1, 0.15) is 53.2 Å². The van der Waals surface area contributed by atoms with E-state index >= 15 is 4.39 Å². The van der Waals surface area contributed by atoms with E-state index in [-0.39, 0.29) is 33.5 Å². The van der Waals surface area contributed by atoms with E-state index < -0.39 is 45.4 Å². The Balaban J connectivity index is 1.16. The van der Waals surface area contributed by atoms with E-state index in [2.05, 4.69) is 20.4 Å². The van der Waals surface area contributed by atoms with Gasteiger partial charge >= 0.3 is 0 Å². The Morgan fingerprint density at radius 1 is 1.20 bits per heavy atom. The number of benzene rings is 1. The Kier molecular flexibility index (Phi) is 6.82. The third-order valence-corrected chi connectivity index (χ3v) is 8.83. The average molecular weight is 585 g/mol. The molecule has 4 heterocycles. The second-order valence-corrected chi connectivity index (χ2v) is 11.9. The number of hydrogen-bond donors (Lipinski definition) is 2. The van der Waals surface area contributed by atoms with E-state index in [0.717, 1.165) is 28.5 Å². The summed E-state index contributed by atoms with van der Waals surface area (Å²) >= 11 is 0. The lowest BCUT2D eigenvalue weighted by Gasteiger charge is -2.34. The number of carbonyl (C=O) groups excluding carboxylic acids is 1. The third kappa shape index (κ3) is 5.20. The van der Waals surface area contributed by atoms with Crippen molar-refractivity contribution in [2.45, 2.75) is 55.7 Å². The summed E-state index contributed by atoms with van der Waals surface area (Å²) in [6.07, 6.45) is 4.47. The molecule has 11 nitrogen and oxygen atoms in total. The number of amides is 1. The number of halogens is 2. The Labute approximate surface area is 233 Å². The highest BCUT2D eigenvalue weighted by Crippen LogP contribution is 2.36. The molecule has 2 aliphatic rings. The molecule has 0 bridgehead atoms. The van der Waals surface area contributed by atoms with E-state index in [9.17, 15) is 22.4 Å². The fraction of sp³-hybridized carbons (Fsp3) is 0.333. The summed E-state index contributed by atoms with van der Waals surface area (Å²) < 4.78 is 60.6. The van der Waals surface area contributed by atoms with Crippen molar-refractivity contribution < 1.29 is 26.2 Å². The lowest BCUT2D eigenvalue weighted by molar-refractivity contribution is 0.0733. The lowest BCUT2D eigenvalue weighted by Crippen LogP contribution is -2.48. The second-order valence-electron chi connectivity index (χ2n) is 10.3. The van der Waals surface area contributed by atoms with Gasteiger partial charge in [0.1, 0.15) is 11.4 Å². The number of aryl methyl sites for hydroxylation is 1. The number of anilines is 1. The van der Waals surface area contributed by atoms with Gasteiger partial charge in [0.2, 0.25) is 0 Å². The first-order valence-corrected chi connectivity index (χ1v) is 14.5. The van der Waals surface area contributed by atoms with Gasteiger partial charge in [-0.1, -0.05) is 17.7 Å². The van der Waals surface area contributed by atoms with Crippen LogP contribution in [0, 0.1) is 18.6 Å².